The molecule has 0 atom stereocenters. The molecule has 2 aromatic carbocycles. The lowest BCUT2D eigenvalue weighted by atomic mass is 9.77. The largest absolute Gasteiger partial charge is 0.573 e. The third-order valence-corrected chi connectivity index (χ3v) is 6.15. The molecule has 1 fully saturated rings. The molecular weight excluding hydrogens is 423 g/mol. The van der Waals surface area contributed by atoms with E-state index in [1.165, 1.54) is 30.9 Å². The average Bonchev–Trinajstić information content (AvgIpc) is 2.77. The minimum absolute atomic E-state index is 0.290. The number of hydrogen-bond acceptors (Lipinski definition) is 1. The van der Waals surface area contributed by atoms with Crippen LogP contribution in [0.5, 0.6) is 5.75 Å². The van der Waals surface area contributed by atoms with Gasteiger partial charge in [-0.05, 0) is 85.6 Å². The maximum Gasteiger partial charge on any atom is 0.573 e. The number of unbranched alkanes of at least 4 members (excludes halogenated alkanes) is 1. The van der Waals surface area contributed by atoms with Crippen LogP contribution in [0.2, 0.25) is 0 Å². The van der Waals surface area contributed by atoms with Gasteiger partial charge in [0.1, 0.15) is 0 Å². The van der Waals surface area contributed by atoms with Crippen molar-refractivity contribution in [2.24, 2.45) is 5.92 Å². The van der Waals surface area contributed by atoms with Gasteiger partial charge in [0.25, 0.3) is 0 Å². The Kier molecular flexibility index (Phi) is 8.71. The molecule has 0 radical (unpaired) electrons. The Hall–Kier alpha value is -2.37. The van der Waals surface area contributed by atoms with Gasteiger partial charge in [0.15, 0.2) is 11.6 Å². The minimum Gasteiger partial charge on any atom is -0.403 e. The SMILES string of the molecule is FCC/C=C/CCC[C@H]1CC[C@H](c2ccc(-c3ccc(OC(F)(F)F)c(F)c3)cc2)CC1. The number of hydrogen-bond donors (Lipinski definition) is 0. The Morgan fingerprint density at radius 1 is 0.875 bits per heavy atom. The molecule has 1 nitrogen and oxygen atoms in total. The lowest BCUT2D eigenvalue weighted by Crippen LogP contribution is -2.17. The molecule has 0 aromatic heterocycles. The van der Waals surface area contributed by atoms with E-state index in [4.69, 9.17) is 0 Å². The zero-order valence-electron chi connectivity index (χ0n) is 18.0. The Labute approximate surface area is 186 Å². The Morgan fingerprint density at radius 2 is 1.53 bits per heavy atom. The van der Waals surface area contributed by atoms with Gasteiger partial charge in [-0.1, -0.05) is 48.9 Å². The molecule has 2 aromatic rings. The zero-order valence-corrected chi connectivity index (χ0v) is 18.0. The first kappa shape index (κ1) is 24.3. The van der Waals surface area contributed by atoms with E-state index in [2.05, 4.69) is 10.8 Å². The molecule has 1 aliphatic carbocycles. The summed E-state index contributed by atoms with van der Waals surface area (Å²) in [5.41, 5.74) is 2.51. The van der Waals surface area contributed by atoms with E-state index >= 15 is 0 Å². The normalized spacial score (nSPS) is 19.4. The summed E-state index contributed by atoms with van der Waals surface area (Å²) in [6, 6.07) is 11.4. The van der Waals surface area contributed by atoms with Gasteiger partial charge in [0, 0.05) is 0 Å². The lowest BCUT2D eigenvalue weighted by molar-refractivity contribution is -0.275. The predicted octanol–water partition coefficient (Wildman–Crippen LogP) is 8.75. The molecule has 0 N–H and O–H groups in total. The quantitative estimate of drug-likeness (QED) is 0.210. The fraction of sp³-hybridized carbons (Fsp3) is 0.462. The Morgan fingerprint density at radius 3 is 2.16 bits per heavy atom. The van der Waals surface area contributed by atoms with Crippen molar-refractivity contribution < 1.29 is 26.7 Å². The Bertz CT molecular complexity index is 865. The van der Waals surface area contributed by atoms with E-state index in [0.717, 1.165) is 49.3 Å². The number of ether oxygens (including phenoxy) is 1. The second kappa shape index (κ2) is 11.5. The molecule has 32 heavy (non-hydrogen) atoms. The average molecular weight is 453 g/mol. The molecule has 0 amide bonds. The number of benzene rings is 2. The van der Waals surface area contributed by atoms with Crippen molar-refractivity contribution in [3.8, 4) is 16.9 Å². The van der Waals surface area contributed by atoms with Crippen LogP contribution in [0.3, 0.4) is 0 Å². The molecule has 0 unspecified atom stereocenters. The third kappa shape index (κ3) is 7.35. The van der Waals surface area contributed by atoms with E-state index < -0.39 is 17.9 Å². The number of allylic oxidation sites excluding steroid dienone is 2. The third-order valence-electron chi connectivity index (χ3n) is 6.15. The van der Waals surface area contributed by atoms with Crippen LogP contribution < -0.4 is 4.74 Å². The molecule has 1 saturated carbocycles. The fourth-order valence-corrected chi connectivity index (χ4v) is 4.44. The predicted molar refractivity (Wildman–Crippen MR) is 117 cm³/mol. The maximum absolute atomic E-state index is 14.0. The number of alkyl halides is 4. The maximum atomic E-state index is 14.0. The van der Waals surface area contributed by atoms with Gasteiger partial charge in [-0.3, -0.25) is 4.39 Å². The van der Waals surface area contributed by atoms with Crippen LogP contribution in [0.25, 0.3) is 11.1 Å². The first-order valence-corrected chi connectivity index (χ1v) is 11.2. The molecule has 0 bridgehead atoms. The van der Waals surface area contributed by atoms with Crippen LogP contribution in [0, 0.1) is 11.7 Å². The zero-order chi connectivity index (χ0) is 23.0. The monoisotopic (exact) mass is 452 g/mol. The lowest BCUT2D eigenvalue weighted by Gasteiger charge is -2.29. The van der Waals surface area contributed by atoms with Crippen LogP contribution >= 0.6 is 0 Å². The molecule has 0 spiro atoms. The van der Waals surface area contributed by atoms with Gasteiger partial charge in [0.05, 0.1) is 6.67 Å². The second-order valence-corrected chi connectivity index (χ2v) is 8.41. The topological polar surface area (TPSA) is 9.23 Å². The fourth-order valence-electron chi connectivity index (χ4n) is 4.44. The summed E-state index contributed by atoms with van der Waals surface area (Å²) >= 11 is 0. The molecule has 6 heteroatoms. The molecule has 1 aliphatic rings. The number of rotatable bonds is 9. The smallest absolute Gasteiger partial charge is 0.403 e. The summed E-state index contributed by atoms with van der Waals surface area (Å²) < 4.78 is 66.6. The summed E-state index contributed by atoms with van der Waals surface area (Å²) in [5, 5.41) is 0. The van der Waals surface area contributed by atoms with Gasteiger partial charge in [-0.25, -0.2) is 4.39 Å². The number of halogens is 5. The highest BCUT2D eigenvalue weighted by Crippen LogP contribution is 2.38. The van der Waals surface area contributed by atoms with Gasteiger partial charge < -0.3 is 4.74 Å². The van der Waals surface area contributed by atoms with E-state index in [1.54, 1.807) is 0 Å². The van der Waals surface area contributed by atoms with Crippen LogP contribution in [0.15, 0.2) is 54.6 Å². The molecule has 0 heterocycles. The highest BCUT2D eigenvalue weighted by molar-refractivity contribution is 5.64. The second-order valence-electron chi connectivity index (χ2n) is 8.41. The van der Waals surface area contributed by atoms with E-state index in [-0.39, 0.29) is 6.67 Å². The summed E-state index contributed by atoms with van der Waals surface area (Å²) in [7, 11) is 0. The molecular formula is C26H29F5O. The van der Waals surface area contributed by atoms with Crippen molar-refractivity contribution in [1.82, 2.24) is 0 Å². The summed E-state index contributed by atoms with van der Waals surface area (Å²) in [4.78, 5) is 0. The molecule has 3 rings (SSSR count). The van der Waals surface area contributed by atoms with Crippen LogP contribution in [0.4, 0.5) is 22.0 Å². The van der Waals surface area contributed by atoms with Crippen LogP contribution in [-0.2, 0) is 0 Å². The molecule has 0 aliphatic heterocycles. The van der Waals surface area contributed by atoms with E-state index in [0.29, 0.717) is 17.9 Å². The van der Waals surface area contributed by atoms with E-state index in [1.807, 2.05) is 30.3 Å². The first-order valence-electron chi connectivity index (χ1n) is 11.2. The van der Waals surface area contributed by atoms with Crippen molar-refractivity contribution >= 4 is 0 Å². The highest BCUT2D eigenvalue weighted by Gasteiger charge is 2.32. The van der Waals surface area contributed by atoms with Gasteiger partial charge in [0.2, 0.25) is 0 Å². The minimum atomic E-state index is -4.92. The van der Waals surface area contributed by atoms with Crippen molar-refractivity contribution in [1.29, 1.82) is 0 Å². The van der Waals surface area contributed by atoms with Crippen LogP contribution in [0.1, 0.15) is 62.8 Å². The summed E-state index contributed by atoms with van der Waals surface area (Å²) in [5.74, 6) is -0.616. The summed E-state index contributed by atoms with van der Waals surface area (Å²) in [6.45, 7) is -0.290. The van der Waals surface area contributed by atoms with Gasteiger partial charge >= 0.3 is 6.36 Å². The standard InChI is InChI=1S/C26H29F5O/c27-17-5-3-1-2-4-6-19-7-9-20(10-8-19)21-11-13-22(14-12-21)23-15-16-25(24(28)18-23)32-26(29,30)31/h1,3,11-16,18-20H,2,4-10,17H2/b3-1+/t19-,20-. The summed E-state index contributed by atoms with van der Waals surface area (Å²) in [6.07, 6.45) is 7.65. The van der Waals surface area contributed by atoms with Gasteiger partial charge in [-0.15, -0.1) is 13.2 Å². The first-order chi connectivity index (χ1) is 15.4. The van der Waals surface area contributed by atoms with Crippen molar-refractivity contribution in [2.45, 2.75) is 63.6 Å². The van der Waals surface area contributed by atoms with Crippen molar-refractivity contribution in [3.63, 3.8) is 0 Å². The van der Waals surface area contributed by atoms with E-state index in [9.17, 15) is 22.0 Å². The Balaban J connectivity index is 1.50. The van der Waals surface area contributed by atoms with Gasteiger partial charge in [-0.2, -0.15) is 0 Å². The van der Waals surface area contributed by atoms with Crippen molar-refractivity contribution in [2.75, 3.05) is 6.67 Å². The highest BCUT2D eigenvalue weighted by atomic mass is 19.4. The molecule has 174 valence electrons. The molecule has 0 saturated heterocycles. The van der Waals surface area contributed by atoms with Crippen LogP contribution in [-0.4, -0.2) is 13.0 Å². The van der Waals surface area contributed by atoms with Crippen molar-refractivity contribution in [3.05, 3.63) is 66.0 Å².